The highest BCUT2D eigenvalue weighted by Gasteiger charge is 2.22. The Labute approximate surface area is 68.0 Å². The third kappa shape index (κ3) is 1.34. The predicted octanol–water partition coefficient (Wildman–Crippen LogP) is 1.18. The minimum atomic E-state index is -2.96. The Hall–Kier alpha value is -1.26. The third-order valence-electron chi connectivity index (χ3n) is 1.55. The summed E-state index contributed by atoms with van der Waals surface area (Å²) in [5, 5.41) is 3.68. The van der Waals surface area contributed by atoms with Crippen molar-refractivity contribution in [1.82, 2.24) is 9.78 Å². The lowest BCUT2D eigenvalue weighted by Gasteiger charge is -2.00. The fraction of sp³-hybridized carbons (Fsp3) is 0.429. The highest BCUT2D eigenvalue weighted by molar-refractivity contribution is 5.98. The van der Waals surface area contributed by atoms with E-state index in [1.807, 2.05) is 0 Å². The van der Waals surface area contributed by atoms with Crippen LogP contribution in [-0.2, 0) is 7.05 Å². The Bertz CT molecular complexity index is 287. The van der Waals surface area contributed by atoms with Gasteiger partial charge >= 0.3 is 6.43 Å². The number of Topliss-reactive ketones (excluding diaryl/α,β-unsaturated/α-hetero) is 1. The van der Waals surface area contributed by atoms with E-state index in [9.17, 15) is 13.6 Å². The van der Waals surface area contributed by atoms with Gasteiger partial charge in [-0.05, 0) is 12.5 Å². The van der Waals surface area contributed by atoms with E-state index in [4.69, 9.17) is 0 Å². The van der Waals surface area contributed by atoms with Crippen molar-refractivity contribution in [2.75, 3.05) is 0 Å². The first-order valence-corrected chi connectivity index (χ1v) is 3.35. The van der Waals surface area contributed by atoms with Crippen LogP contribution < -0.4 is 0 Å². The molecule has 0 N–H and O–H groups in total. The molecule has 0 amide bonds. The van der Waals surface area contributed by atoms with Crippen LogP contribution in [-0.4, -0.2) is 22.0 Å². The van der Waals surface area contributed by atoms with E-state index in [1.54, 1.807) is 6.92 Å². The standard InChI is InChI=1S/C7H8F2N2O/c1-4-3-10-11(2)5(4)6(12)7(8)9/h3,7H,1-2H3. The van der Waals surface area contributed by atoms with Crippen LogP contribution in [0.25, 0.3) is 0 Å². The lowest BCUT2D eigenvalue weighted by molar-refractivity contribution is 0.0667. The maximum atomic E-state index is 12.0. The average molecular weight is 174 g/mol. The fourth-order valence-corrected chi connectivity index (χ4v) is 1.00. The van der Waals surface area contributed by atoms with Crippen LogP contribution in [0.4, 0.5) is 8.78 Å². The van der Waals surface area contributed by atoms with Crippen molar-refractivity contribution >= 4 is 5.78 Å². The number of aromatic nitrogens is 2. The summed E-state index contributed by atoms with van der Waals surface area (Å²) in [6.45, 7) is 1.57. The van der Waals surface area contributed by atoms with Gasteiger partial charge in [0, 0.05) is 7.05 Å². The molecular weight excluding hydrogens is 166 g/mol. The monoisotopic (exact) mass is 174 g/mol. The molecule has 0 radical (unpaired) electrons. The minimum Gasteiger partial charge on any atom is -0.286 e. The first-order valence-electron chi connectivity index (χ1n) is 3.35. The number of ketones is 1. The maximum absolute atomic E-state index is 12.0. The van der Waals surface area contributed by atoms with Gasteiger partial charge in [0.2, 0.25) is 5.78 Å². The zero-order valence-electron chi connectivity index (χ0n) is 6.71. The molecule has 1 rings (SSSR count). The molecule has 5 heteroatoms. The molecule has 0 unspecified atom stereocenters. The molecule has 0 saturated carbocycles. The Morgan fingerprint density at radius 3 is 2.58 bits per heavy atom. The number of carbonyl (C=O) groups excluding carboxylic acids is 1. The van der Waals surface area contributed by atoms with Gasteiger partial charge in [0.25, 0.3) is 0 Å². The van der Waals surface area contributed by atoms with E-state index in [0.29, 0.717) is 5.56 Å². The van der Waals surface area contributed by atoms with E-state index in [1.165, 1.54) is 13.2 Å². The van der Waals surface area contributed by atoms with Crippen LogP contribution in [0.15, 0.2) is 6.20 Å². The summed E-state index contributed by atoms with van der Waals surface area (Å²) >= 11 is 0. The summed E-state index contributed by atoms with van der Waals surface area (Å²) < 4.78 is 25.1. The Kier molecular flexibility index (Phi) is 2.21. The van der Waals surface area contributed by atoms with Gasteiger partial charge in [-0.1, -0.05) is 0 Å². The Balaban J connectivity index is 3.09. The van der Waals surface area contributed by atoms with Gasteiger partial charge in [0.15, 0.2) is 0 Å². The SMILES string of the molecule is Cc1cnn(C)c1C(=O)C(F)F. The summed E-state index contributed by atoms with van der Waals surface area (Å²) in [4.78, 5) is 10.8. The van der Waals surface area contributed by atoms with E-state index < -0.39 is 12.2 Å². The largest absolute Gasteiger partial charge is 0.302 e. The van der Waals surface area contributed by atoms with Crippen LogP contribution in [0.3, 0.4) is 0 Å². The molecule has 0 bridgehead atoms. The van der Waals surface area contributed by atoms with Gasteiger partial charge in [-0.25, -0.2) is 8.78 Å². The first-order chi connectivity index (χ1) is 5.54. The van der Waals surface area contributed by atoms with Gasteiger partial charge in [-0.2, -0.15) is 5.10 Å². The van der Waals surface area contributed by atoms with Gasteiger partial charge < -0.3 is 0 Å². The Morgan fingerprint density at radius 1 is 1.67 bits per heavy atom. The summed E-state index contributed by atoms with van der Waals surface area (Å²) in [6.07, 6.45) is -1.57. The van der Waals surface area contributed by atoms with Crippen LogP contribution in [0.1, 0.15) is 16.1 Å². The first kappa shape index (κ1) is 8.83. The number of rotatable bonds is 2. The lowest BCUT2D eigenvalue weighted by Crippen LogP contribution is -2.15. The molecule has 0 aliphatic rings. The second-order valence-electron chi connectivity index (χ2n) is 2.46. The zero-order valence-corrected chi connectivity index (χ0v) is 6.71. The van der Waals surface area contributed by atoms with Gasteiger partial charge in [0.05, 0.1) is 6.20 Å². The van der Waals surface area contributed by atoms with Crippen LogP contribution in [0.5, 0.6) is 0 Å². The molecule has 0 atom stereocenters. The lowest BCUT2D eigenvalue weighted by atomic mass is 10.2. The predicted molar refractivity (Wildman–Crippen MR) is 38.3 cm³/mol. The molecule has 0 spiro atoms. The van der Waals surface area contributed by atoms with Crippen molar-refractivity contribution in [3.8, 4) is 0 Å². The number of hydrogen-bond acceptors (Lipinski definition) is 2. The van der Waals surface area contributed by atoms with Gasteiger partial charge in [0.1, 0.15) is 5.69 Å². The normalized spacial score (nSPS) is 10.8. The average Bonchev–Trinajstić information content (AvgIpc) is 2.30. The molecule has 66 valence electrons. The van der Waals surface area contributed by atoms with Gasteiger partial charge in [-0.3, -0.25) is 9.48 Å². The summed E-state index contributed by atoms with van der Waals surface area (Å²) in [5.41, 5.74) is 0.452. The molecular formula is C7H8F2N2O. The smallest absolute Gasteiger partial charge is 0.286 e. The minimum absolute atomic E-state index is 0.0231. The molecule has 0 saturated heterocycles. The van der Waals surface area contributed by atoms with Crippen molar-refractivity contribution in [2.24, 2.45) is 7.05 Å². The number of aryl methyl sites for hydroxylation is 2. The fourth-order valence-electron chi connectivity index (χ4n) is 1.00. The maximum Gasteiger partial charge on any atom is 0.302 e. The quantitative estimate of drug-likeness (QED) is 0.631. The molecule has 1 aromatic rings. The molecule has 0 aliphatic carbocycles. The molecule has 0 fully saturated rings. The summed E-state index contributed by atoms with van der Waals surface area (Å²) in [7, 11) is 1.46. The van der Waals surface area contributed by atoms with E-state index >= 15 is 0 Å². The van der Waals surface area contributed by atoms with Gasteiger partial charge in [-0.15, -0.1) is 0 Å². The van der Waals surface area contributed by atoms with Crippen molar-refractivity contribution in [1.29, 1.82) is 0 Å². The number of halogens is 2. The van der Waals surface area contributed by atoms with Crippen LogP contribution in [0, 0.1) is 6.92 Å². The van der Waals surface area contributed by atoms with E-state index in [0.717, 1.165) is 4.68 Å². The highest BCUT2D eigenvalue weighted by atomic mass is 19.3. The topological polar surface area (TPSA) is 34.9 Å². The number of hydrogen-bond donors (Lipinski definition) is 0. The van der Waals surface area contributed by atoms with E-state index in [2.05, 4.69) is 5.10 Å². The number of carbonyl (C=O) groups is 1. The summed E-state index contributed by atoms with van der Waals surface area (Å²) in [6, 6.07) is 0. The molecule has 3 nitrogen and oxygen atoms in total. The molecule has 12 heavy (non-hydrogen) atoms. The van der Waals surface area contributed by atoms with Crippen molar-refractivity contribution < 1.29 is 13.6 Å². The summed E-state index contributed by atoms with van der Waals surface area (Å²) in [5.74, 6) is -1.17. The van der Waals surface area contributed by atoms with Crippen molar-refractivity contribution in [3.05, 3.63) is 17.5 Å². The highest BCUT2D eigenvalue weighted by Crippen LogP contribution is 2.10. The van der Waals surface area contributed by atoms with Crippen LogP contribution in [0.2, 0.25) is 0 Å². The van der Waals surface area contributed by atoms with Crippen molar-refractivity contribution in [3.63, 3.8) is 0 Å². The molecule has 0 aromatic carbocycles. The number of alkyl halides is 2. The molecule has 1 heterocycles. The number of nitrogens with zero attached hydrogens (tertiary/aromatic N) is 2. The van der Waals surface area contributed by atoms with E-state index in [-0.39, 0.29) is 5.69 Å². The zero-order chi connectivity index (χ0) is 9.30. The Morgan fingerprint density at radius 2 is 2.25 bits per heavy atom. The molecule has 1 aromatic heterocycles. The van der Waals surface area contributed by atoms with Crippen LogP contribution >= 0.6 is 0 Å². The third-order valence-corrected chi connectivity index (χ3v) is 1.55. The second-order valence-corrected chi connectivity index (χ2v) is 2.46. The van der Waals surface area contributed by atoms with Crippen molar-refractivity contribution in [2.45, 2.75) is 13.3 Å². The second kappa shape index (κ2) is 3.00. The molecule has 0 aliphatic heterocycles.